The summed E-state index contributed by atoms with van der Waals surface area (Å²) in [6.07, 6.45) is 0.473. The van der Waals surface area contributed by atoms with E-state index < -0.39 is 0 Å². The van der Waals surface area contributed by atoms with Gasteiger partial charge in [0.2, 0.25) is 0 Å². The first-order valence-corrected chi connectivity index (χ1v) is 7.21. The molecule has 0 spiro atoms. The van der Waals surface area contributed by atoms with Gasteiger partial charge in [-0.25, -0.2) is 4.39 Å². The van der Waals surface area contributed by atoms with Gasteiger partial charge in [-0.15, -0.1) is 0 Å². The first-order valence-electron chi connectivity index (χ1n) is 6.07. The van der Waals surface area contributed by atoms with Gasteiger partial charge < -0.3 is 5.32 Å². The quantitative estimate of drug-likeness (QED) is 0.802. The highest BCUT2D eigenvalue weighted by Crippen LogP contribution is 2.28. The lowest BCUT2D eigenvalue weighted by Crippen LogP contribution is -2.19. The van der Waals surface area contributed by atoms with Gasteiger partial charge in [0.1, 0.15) is 5.82 Å². The summed E-state index contributed by atoms with van der Waals surface area (Å²) in [6, 6.07) is 9.87. The SMILES string of the molecule is CNC(Cc1cc(Cl)ccc1F)c1ccc(Cl)c(Cl)c1. The molecular weight excluding hydrogens is 320 g/mol. The van der Waals surface area contributed by atoms with Crippen molar-refractivity contribution < 1.29 is 4.39 Å². The van der Waals surface area contributed by atoms with E-state index in [1.54, 1.807) is 18.2 Å². The van der Waals surface area contributed by atoms with Gasteiger partial charge >= 0.3 is 0 Å². The molecule has 0 saturated carbocycles. The zero-order valence-corrected chi connectivity index (χ0v) is 13.0. The summed E-state index contributed by atoms with van der Waals surface area (Å²) in [5, 5.41) is 4.65. The van der Waals surface area contributed by atoms with Crippen LogP contribution in [0.1, 0.15) is 17.2 Å². The molecule has 0 heterocycles. The van der Waals surface area contributed by atoms with Gasteiger partial charge in [0.05, 0.1) is 10.0 Å². The monoisotopic (exact) mass is 331 g/mol. The van der Waals surface area contributed by atoms with Gasteiger partial charge in [0.25, 0.3) is 0 Å². The zero-order chi connectivity index (χ0) is 14.7. The van der Waals surface area contributed by atoms with Crippen molar-refractivity contribution in [1.82, 2.24) is 5.32 Å². The molecule has 106 valence electrons. The van der Waals surface area contributed by atoms with Crippen LogP contribution in [0.5, 0.6) is 0 Å². The lowest BCUT2D eigenvalue weighted by Gasteiger charge is -2.18. The van der Waals surface area contributed by atoms with Crippen LogP contribution in [0.3, 0.4) is 0 Å². The third kappa shape index (κ3) is 3.64. The molecular formula is C15H13Cl3FN. The highest BCUT2D eigenvalue weighted by Gasteiger charge is 2.14. The lowest BCUT2D eigenvalue weighted by atomic mass is 9.98. The van der Waals surface area contributed by atoms with Gasteiger partial charge in [-0.1, -0.05) is 40.9 Å². The minimum absolute atomic E-state index is 0.0715. The van der Waals surface area contributed by atoms with Crippen LogP contribution in [0, 0.1) is 5.82 Å². The minimum atomic E-state index is -0.269. The second-order valence-electron chi connectivity index (χ2n) is 4.45. The van der Waals surface area contributed by atoms with E-state index in [1.165, 1.54) is 12.1 Å². The van der Waals surface area contributed by atoms with E-state index in [-0.39, 0.29) is 11.9 Å². The standard InChI is InChI=1S/C15H13Cl3FN/c1-20-15(9-2-4-12(17)13(18)7-9)8-10-6-11(16)3-5-14(10)19/h2-7,15,20H,8H2,1H3. The molecule has 0 aromatic heterocycles. The molecule has 2 aromatic carbocycles. The normalized spacial score (nSPS) is 12.4. The molecule has 1 nitrogen and oxygen atoms in total. The van der Waals surface area contributed by atoms with Gasteiger partial charge in [0.15, 0.2) is 0 Å². The summed E-state index contributed by atoms with van der Waals surface area (Å²) >= 11 is 17.8. The molecule has 0 amide bonds. The Morgan fingerprint density at radius 2 is 1.80 bits per heavy atom. The summed E-state index contributed by atoms with van der Waals surface area (Å²) in [7, 11) is 1.82. The van der Waals surface area contributed by atoms with Crippen LogP contribution in [0.2, 0.25) is 15.1 Å². The zero-order valence-electron chi connectivity index (χ0n) is 10.8. The summed E-state index contributed by atoms with van der Waals surface area (Å²) in [5.41, 5.74) is 1.50. The first kappa shape index (κ1) is 15.6. The minimum Gasteiger partial charge on any atom is -0.313 e. The van der Waals surface area contributed by atoms with E-state index in [0.29, 0.717) is 27.1 Å². The number of halogens is 4. The van der Waals surface area contributed by atoms with Crippen molar-refractivity contribution in [3.8, 4) is 0 Å². The Labute approximate surface area is 132 Å². The molecule has 0 aliphatic carbocycles. The Balaban J connectivity index is 2.28. The van der Waals surface area contributed by atoms with Crippen LogP contribution in [-0.4, -0.2) is 7.05 Å². The van der Waals surface area contributed by atoms with E-state index in [0.717, 1.165) is 5.56 Å². The Bertz CT molecular complexity index is 616. The molecule has 0 saturated heterocycles. The molecule has 0 aliphatic heterocycles. The van der Waals surface area contributed by atoms with Crippen molar-refractivity contribution >= 4 is 34.8 Å². The molecule has 2 rings (SSSR count). The van der Waals surface area contributed by atoms with Gasteiger partial charge in [0, 0.05) is 11.1 Å². The largest absolute Gasteiger partial charge is 0.313 e. The van der Waals surface area contributed by atoms with Crippen LogP contribution < -0.4 is 5.32 Å². The van der Waals surface area contributed by atoms with E-state index in [4.69, 9.17) is 34.8 Å². The predicted octanol–water partition coefficient (Wildman–Crippen LogP) is 5.29. The predicted molar refractivity (Wildman–Crippen MR) is 83.4 cm³/mol. The van der Waals surface area contributed by atoms with E-state index in [1.807, 2.05) is 13.1 Å². The number of benzene rings is 2. The lowest BCUT2D eigenvalue weighted by molar-refractivity contribution is 0.554. The van der Waals surface area contributed by atoms with Gasteiger partial charge in [-0.05, 0) is 54.9 Å². The maximum atomic E-state index is 13.8. The highest BCUT2D eigenvalue weighted by molar-refractivity contribution is 6.42. The van der Waals surface area contributed by atoms with Gasteiger partial charge in [-0.2, -0.15) is 0 Å². The number of likely N-dealkylation sites (N-methyl/N-ethyl adjacent to an activating group) is 1. The van der Waals surface area contributed by atoms with Crippen LogP contribution in [0.15, 0.2) is 36.4 Å². The average molecular weight is 333 g/mol. The Hall–Kier alpha value is -0.800. The second kappa shape index (κ2) is 6.77. The maximum Gasteiger partial charge on any atom is 0.126 e. The average Bonchev–Trinajstić information content (AvgIpc) is 2.43. The molecule has 1 N–H and O–H groups in total. The summed E-state index contributed by atoms with van der Waals surface area (Å²) in [6.45, 7) is 0. The molecule has 2 aromatic rings. The summed E-state index contributed by atoms with van der Waals surface area (Å²) < 4.78 is 13.8. The molecule has 0 radical (unpaired) electrons. The van der Waals surface area contributed by atoms with Crippen LogP contribution >= 0.6 is 34.8 Å². The third-order valence-corrected chi connectivity index (χ3v) is 4.10. The smallest absolute Gasteiger partial charge is 0.126 e. The number of nitrogens with one attached hydrogen (secondary N) is 1. The molecule has 20 heavy (non-hydrogen) atoms. The van der Waals surface area contributed by atoms with Crippen molar-refractivity contribution in [1.29, 1.82) is 0 Å². The highest BCUT2D eigenvalue weighted by atomic mass is 35.5. The summed E-state index contributed by atoms with van der Waals surface area (Å²) in [5.74, 6) is -0.269. The van der Waals surface area contributed by atoms with Crippen molar-refractivity contribution in [3.05, 3.63) is 68.4 Å². The Morgan fingerprint density at radius 1 is 1.05 bits per heavy atom. The third-order valence-electron chi connectivity index (χ3n) is 3.13. The van der Waals surface area contributed by atoms with E-state index in [2.05, 4.69) is 5.32 Å². The fourth-order valence-corrected chi connectivity index (χ4v) is 2.54. The number of rotatable bonds is 4. The Morgan fingerprint density at radius 3 is 2.45 bits per heavy atom. The van der Waals surface area contributed by atoms with Crippen LogP contribution in [-0.2, 0) is 6.42 Å². The Kier molecular flexibility index (Phi) is 5.28. The maximum absolute atomic E-state index is 13.8. The van der Waals surface area contributed by atoms with Crippen LogP contribution in [0.4, 0.5) is 4.39 Å². The van der Waals surface area contributed by atoms with Gasteiger partial charge in [-0.3, -0.25) is 0 Å². The van der Waals surface area contributed by atoms with Crippen molar-refractivity contribution in [2.75, 3.05) is 7.05 Å². The number of hydrogen-bond acceptors (Lipinski definition) is 1. The van der Waals surface area contributed by atoms with E-state index >= 15 is 0 Å². The van der Waals surface area contributed by atoms with E-state index in [9.17, 15) is 4.39 Å². The van der Waals surface area contributed by atoms with Crippen LogP contribution in [0.25, 0.3) is 0 Å². The topological polar surface area (TPSA) is 12.0 Å². The summed E-state index contributed by atoms with van der Waals surface area (Å²) in [4.78, 5) is 0. The van der Waals surface area contributed by atoms with Crippen molar-refractivity contribution in [3.63, 3.8) is 0 Å². The van der Waals surface area contributed by atoms with Crippen molar-refractivity contribution in [2.24, 2.45) is 0 Å². The second-order valence-corrected chi connectivity index (χ2v) is 5.71. The molecule has 1 unspecified atom stereocenters. The first-order chi connectivity index (χ1) is 9.51. The number of hydrogen-bond donors (Lipinski definition) is 1. The van der Waals surface area contributed by atoms with Crippen molar-refractivity contribution in [2.45, 2.75) is 12.5 Å². The molecule has 0 bridgehead atoms. The molecule has 1 atom stereocenters. The molecule has 0 aliphatic rings. The molecule has 5 heteroatoms. The molecule has 0 fully saturated rings. The fourth-order valence-electron chi connectivity index (χ4n) is 2.04. The fraction of sp³-hybridized carbons (Fsp3) is 0.200.